The highest BCUT2D eigenvalue weighted by atomic mass is 31.2. The fraction of sp³-hybridized carbons (Fsp3) is 0.977. The van der Waals surface area contributed by atoms with E-state index in [2.05, 4.69) is 19.2 Å². The summed E-state index contributed by atoms with van der Waals surface area (Å²) in [5.74, 6) is -0.157. The predicted octanol–water partition coefficient (Wildman–Crippen LogP) is 13.0. The fourth-order valence-electron chi connectivity index (χ4n) is 7.20. The van der Waals surface area contributed by atoms with E-state index in [0.29, 0.717) is 12.8 Å². The van der Waals surface area contributed by atoms with Crippen molar-refractivity contribution in [3.8, 4) is 0 Å². The smallest absolute Gasteiger partial charge is 0.391 e. The SMILES string of the molecule is CCCCCCCCCCCCCCCCCCCCCCC(O)C(COP(=O)(O)OCCN)NC(=O)CCCCCCCCCCCCCCCC. The number of carbonyl (C=O) groups excluding carboxylic acids is 1. The molecule has 0 aromatic heterocycles. The molecular weight excluding hydrogens is 683 g/mol. The second kappa shape index (κ2) is 41.1. The van der Waals surface area contributed by atoms with Crippen LogP contribution in [0.25, 0.3) is 0 Å². The van der Waals surface area contributed by atoms with Crippen molar-refractivity contribution < 1.29 is 28.4 Å². The Kier molecular flexibility index (Phi) is 40.8. The van der Waals surface area contributed by atoms with Crippen molar-refractivity contribution in [3.63, 3.8) is 0 Å². The standard InChI is InChI=1S/C44H91N2O6P/c1-3-5-7-9-11-13-15-17-19-20-21-22-23-24-25-27-29-31-33-35-37-43(47)42(41-52-53(49,50)51-40-39-45)46-44(48)38-36-34-32-30-28-26-18-16-14-12-10-8-6-4-2/h42-43,47H,3-41,45H2,1-2H3,(H,46,48)(H,49,50). The van der Waals surface area contributed by atoms with Crippen LogP contribution in [-0.4, -0.2) is 47.8 Å². The topological polar surface area (TPSA) is 131 Å². The Hall–Kier alpha value is -0.500. The summed E-state index contributed by atoms with van der Waals surface area (Å²) in [7, 11) is -4.31. The van der Waals surface area contributed by atoms with Crippen LogP contribution in [0.3, 0.4) is 0 Å². The number of amides is 1. The number of aliphatic hydroxyl groups excluding tert-OH is 1. The summed E-state index contributed by atoms with van der Waals surface area (Å²) in [6.45, 7) is 4.24. The highest BCUT2D eigenvalue weighted by Crippen LogP contribution is 2.43. The predicted molar refractivity (Wildman–Crippen MR) is 226 cm³/mol. The third kappa shape index (κ3) is 39.5. The molecule has 3 atom stereocenters. The lowest BCUT2D eigenvalue weighted by atomic mass is 10.0. The maximum Gasteiger partial charge on any atom is 0.472 e. The molecule has 0 aromatic carbocycles. The van der Waals surface area contributed by atoms with Gasteiger partial charge in [0.15, 0.2) is 0 Å². The number of rotatable bonds is 44. The van der Waals surface area contributed by atoms with Crippen LogP contribution < -0.4 is 11.1 Å². The molecule has 8 nitrogen and oxygen atoms in total. The molecule has 0 fully saturated rings. The van der Waals surface area contributed by atoms with Crippen LogP contribution in [-0.2, 0) is 18.4 Å². The van der Waals surface area contributed by atoms with Crippen LogP contribution in [0.15, 0.2) is 0 Å². The Labute approximate surface area is 329 Å². The first kappa shape index (κ1) is 52.5. The number of phosphoric ester groups is 1. The van der Waals surface area contributed by atoms with Crippen molar-refractivity contribution in [2.45, 2.75) is 257 Å². The van der Waals surface area contributed by atoms with Crippen molar-refractivity contribution in [1.29, 1.82) is 0 Å². The van der Waals surface area contributed by atoms with E-state index in [1.807, 2.05) is 0 Å². The van der Waals surface area contributed by atoms with E-state index >= 15 is 0 Å². The molecule has 1 amide bonds. The third-order valence-corrected chi connectivity index (χ3v) is 11.7. The minimum atomic E-state index is -4.31. The highest BCUT2D eigenvalue weighted by molar-refractivity contribution is 7.47. The fourth-order valence-corrected chi connectivity index (χ4v) is 7.96. The second-order valence-corrected chi connectivity index (χ2v) is 17.4. The van der Waals surface area contributed by atoms with E-state index in [9.17, 15) is 19.4 Å². The summed E-state index contributed by atoms with van der Waals surface area (Å²) >= 11 is 0. The summed E-state index contributed by atoms with van der Waals surface area (Å²) in [4.78, 5) is 22.7. The van der Waals surface area contributed by atoms with Crippen LogP contribution >= 0.6 is 7.82 Å². The highest BCUT2D eigenvalue weighted by Gasteiger charge is 2.27. The van der Waals surface area contributed by atoms with Crippen molar-refractivity contribution in [2.24, 2.45) is 5.73 Å². The maximum atomic E-state index is 12.8. The van der Waals surface area contributed by atoms with Crippen molar-refractivity contribution in [2.75, 3.05) is 19.8 Å². The van der Waals surface area contributed by atoms with Gasteiger partial charge in [-0.05, 0) is 12.8 Å². The lowest BCUT2D eigenvalue weighted by Crippen LogP contribution is -2.46. The maximum absolute atomic E-state index is 12.8. The molecule has 318 valence electrons. The van der Waals surface area contributed by atoms with E-state index in [1.54, 1.807) is 0 Å². The number of hydrogen-bond acceptors (Lipinski definition) is 6. The zero-order chi connectivity index (χ0) is 38.9. The number of nitrogens with one attached hydrogen (secondary N) is 1. The molecule has 9 heteroatoms. The monoisotopic (exact) mass is 775 g/mol. The molecule has 0 aliphatic rings. The van der Waals surface area contributed by atoms with Gasteiger partial charge in [0.25, 0.3) is 0 Å². The number of carbonyl (C=O) groups is 1. The molecule has 0 aliphatic carbocycles. The van der Waals surface area contributed by atoms with Gasteiger partial charge in [-0.3, -0.25) is 13.8 Å². The largest absolute Gasteiger partial charge is 0.472 e. The number of phosphoric acid groups is 1. The van der Waals surface area contributed by atoms with Crippen molar-refractivity contribution in [3.05, 3.63) is 0 Å². The normalized spacial score (nSPS) is 14.0. The van der Waals surface area contributed by atoms with Crippen LogP contribution in [0.2, 0.25) is 0 Å². The van der Waals surface area contributed by atoms with Gasteiger partial charge in [-0.15, -0.1) is 0 Å². The third-order valence-electron chi connectivity index (χ3n) is 10.7. The molecule has 0 rings (SSSR count). The van der Waals surface area contributed by atoms with Crippen molar-refractivity contribution >= 4 is 13.7 Å². The molecule has 3 unspecified atom stereocenters. The minimum Gasteiger partial charge on any atom is -0.391 e. The first-order valence-electron chi connectivity index (χ1n) is 23.2. The van der Waals surface area contributed by atoms with E-state index in [1.165, 1.54) is 180 Å². The quantitative estimate of drug-likeness (QED) is 0.0358. The Morgan fingerprint density at radius 2 is 0.868 bits per heavy atom. The molecular formula is C44H91N2O6P. The van der Waals surface area contributed by atoms with Gasteiger partial charge in [-0.2, -0.15) is 0 Å². The van der Waals surface area contributed by atoms with E-state index in [4.69, 9.17) is 14.8 Å². The molecule has 53 heavy (non-hydrogen) atoms. The van der Waals surface area contributed by atoms with E-state index < -0.39 is 20.0 Å². The van der Waals surface area contributed by atoms with Gasteiger partial charge >= 0.3 is 7.82 Å². The average molecular weight is 775 g/mol. The Morgan fingerprint density at radius 1 is 0.547 bits per heavy atom. The summed E-state index contributed by atoms with van der Waals surface area (Å²) in [5.41, 5.74) is 5.39. The van der Waals surface area contributed by atoms with Gasteiger partial charge in [0.05, 0.1) is 25.4 Å². The summed E-state index contributed by atoms with van der Waals surface area (Å²) < 4.78 is 22.2. The average Bonchev–Trinajstić information content (AvgIpc) is 3.14. The van der Waals surface area contributed by atoms with Crippen LogP contribution in [0.4, 0.5) is 0 Å². The van der Waals surface area contributed by atoms with Crippen LogP contribution in [0.5, 0.6) is 0 Å². The number of hydrogen-bond donors (Lipinski definition) is 4. The summed E-state index contributed by atoms with van der Waals surface area (Å²) in [6.07, 6.45) is 44.0. The first-order chi connectivity index (χ1) is 25.9. The van der Waals surface area contributed by atoms with E-state index in [-0.39, 0.29) is 25.7 Å². The molecule has 0 aromatic rings. The first-order valence-corrected chi connectivity index (χ1v) is 24.6. The molecule has 0 saturated carbocycles. The second-order valence-electron chi connectivity index (χ2n) is 16.0. The Bertz CT molecular complexity index is 804. The molecule has 5 N–H and O–H groups in total. The van der Waals surface area contributed by atoms with Gasteiger partial charge in [0.1, 0.15) is 0 Å². The lowest BCUT2D eigenvalue weighted by Gasteiger charge is -2.25. The number of unbranched alkanes of at least 4 members (excludes halogenated alkanes) is 32. The van der Waals surface area contributed by atoms with Gasteiger partial charge < -0.3 is 21.1 Å². The van der Waals surface area contributed by atoms with Gasteiger partial charge in [-0.1, -0.05) is 226 Å². The number of aliphatic hydroxyl groups is 1. The molecule has 0 aliphatic heterocycles. The van der Waals surface area contributed by atoms with Gasteiger partial charge in [0, 0.05) is 13.0 Å². The van der Waals surface area contributed by atoms with Crippen LogP contribution in [0, 0.1) is 0 Å². The van der Waals surface area contributed by atoms with Gasteiger partial charge in [-0.25, -0.2) is 4.57 Å². The van der Waals surface area contributed by atoms with Gasteiger partial charge in [0.2, 0.25) is 5.91 Å². The molecule has 0 heterocycles. The Morgan fingerprint density at radius 3 is 1.21 bits per heavy atom. The van der Waals surface area contributed by atoms with Crippen molar-refractivity contribution in [1.82, 2.24) is 5.32 Å². The molecule has 0 bridgehead atoms. The molecule has 0 saturated heterocycles. The zero-order valence-electron chi connectivity index (χ0n) is 35.3. The zero-order valence-corrected chi connectivity index (χ0v) is 36.2. The molecule has 0 spiro atoms. The van der Waals surface area contributed by atoms with E-state index in [0.717, 1.165) is 38.5 Å². The van der Waals surface area contributed by atoms with Crippen LogP contribution in [0.1, 0.15) is 245 Å². The summed E-state index contributed by atoms with van der Waals surface area (Å²) in [5, 5.41) is 13.8. The lowest BCUT2D eigenvalue weighted by molar-refractivity contribution is -0.123. The summed E-state index contributed by atoms with van der Waals surface area (Å²) in [6, 6.07) is -0.767. The molecule has 0 radical (unpaired) electrons. The Balaban J connectivity index is 4.06. The number of nitrogens with two attached hydrogens (primary N) is 1. The minimum absolute atomic E-state index is 0.0926.